The van der Waals surface area contributed by atoms with Crippen molar-refractivity contribution in [2.75, 3.05) is 0 Å². The van der Waals surface area contributed by atoms with E-state index in [9.17, 15) is 13.2 Å². The topological polar surface area (TPSA) is 15.8 Å². The summed E-state index contributed by atoms with van der Waals surface area (Å²) in [5.41, 5.74) is 0.969. The fourth-order valence-electron chi connectivity index (χ4n) is 1.71. The monoisotopic (exact) mass is 241 g/mol. The molecule has 0 atom stereocenters. The predicted molar refractivity (Wildman–Crippen MR) is 62.0 cm³/mol. The van der Waals surface area contributed by atoms with E-state index in [1.54, 1.807) is 6.07 Å². The minimum absolute atomic E-state index is 0.0998. The van der Waals surface area contributed by atoms with Crippen molar-refractivity contribution in [1.29, 1.82) is 0 Å². The van der Waals surface area contributed by atoms with Gasteiger partial charge in [-0.25, -0.2) is 0 Å². The van der Waals surface area contributed by atoms with E-state index in [0.717, 1.165) is 17.3 Å². The van der Waals surface area contributed by atoms with E-state index in [2.05, 4.69) is 4.98 Å². The summed E-state index contributed by atoms with van der Waals surface area (Å²) in [5, 5.41) is 0.602. The Hall–Kier alpha value is -1.45. The molecule has 0 radical (unpaired) electrons. The van der Waals surface area contributed by atoms with Gasteiger partial charge in [0.2, 0.25) is 0 Å². The first-order chi connectivity index (χ1) is 7.68. The maximum Gasteiger partial charge on any atom is 0.416 e. The molecule has 0 fully saturated rings. The van der Waals surface area contributed by atoms with Crippen molar-refractivity contribution >= 4 is 10.9 Å². The van der Waals surface area contributed by atoms with Crippen LogP contribution in [-0.4, -0.2) is 4.98 Å². The van der Waals surface area contributed by atoms with E-state index in [0.29, 0.717) is 5.39 Å². The molecule has 0 spiro atoms. The highest BCUT2D eigenvalue weighted by molar-refractivity contribution is 5.81. The minimum atomic E-state index is -4.28. The van der Waals surface area contributed by atoms with Gasteiger partial charge in [0.15, 0.2) is 0 Å². The van der Waals surface area contributed by atoms with Gasteiger partial charge >= 0.3 is 6.18 Å². The lowest BCUT2D eigenvalue weighted by Crippen LogP contribution is -2.10. The number of hydrogen-bond donors (Lipinski definition) is 1. The first-order valence-corrected chi connectivity index (χ1v) is 5.38. The van der Waals surface area contributed by atoms with E-state index in [1.807, 2.05) is 20.8 Å². The minimum Gasteiger partial charge on any atom is -0.358 e. The Morgan fingerprint density at radius 2 is 1.65 bits per heavy atom. The summed E-state index contributed by atoms with van der Waals surface area (Å²) in [6.45, 7) is 6.05. The van der Waals surface area contributed by atoms with Crippen LogP contribution in [0.25, 0.3) is 10.9 Å². The average Bonchev–Trinajstić information content (AvgIpc) is 2.57. The second kappa shape index (κ2) is 3.52. The number of fused-ring (bicyclic) bond motifs is 1. The van der Waals surface area contributed by atoms with Crippen molar-refractivity contribution in [3.8, 4) is 0 Å². The SMILES string of the molecule is CC(C)(C)c1cc2cc(C(F)(F)F)ccc2[nH]1. The molecule has 4 heteroatoms. The summed E-state index contributed by atoms with van der Waals surface area (Å²) >= 11 is 0. The van der Waals surface area contributed by atoms with Crippen molar-refractivity contribution in [3.63, 3.8) is 0 Å². The Morgan fingerprint density at radius 1 is 1.00 bits per heavy atom. The number of alkyl halides is 3. The number of rotatable bonds is 0. The normalized spacial score (nSPS) is 13.3. The fraction of sp³-hybridized carbons (Fsp3) is 0.385. The third-order valence-corrected chi connectivity index (χ3v) is 2.76. The third-order valence-electron chi connectivity index (χ3n) is 2.76. The van der Waals surface area contributed by atoms with Crippen LogP contribution < -0.4 is 0 Å². The summed E-state index contributed by atoms with van der Waals surface area (Å²) in [6.07, 6.45) is -4.28. The van der Waals surface area contributed by atoms with Crippen LogP contribution in [0.2, 0.25) is 0 Å². The van der Waals surface area contributed by atoms with Crippen molar-refractivity contribution < 1.29 is 13.2 Å². The molecule has 0 aliphatic heterocycles. The largest absolute Gasteiger partial charge is 0.416 e. The molecular weight excluding hydrogens is 227 g/mol. The fourth-order valence-corrected chi connectivity index (χ4v) is 1.71. The molecule has 92 valence electrons. The van der Waals surface area contributed by atoms with Gasteiger partial charge in [-0.3, -0.25) is 0 Å². The molecule has 2 rings (SSSR count). The third kappa shape index (κ3) is 2.30. The van der Waals surface area contributed by atoms with E-state index in [4.69, 9.17) is 0 Å². The molecule has 0 amide bonds. The molecule has 0 saturated carbocycles. The lowest BCUT2D eigenvalue weighted by molar-refractivity contribution is -0.137. The highest BCUT2D eigenvalue weighted by Crippen LogP contribution is 2.33. The maximum absolute atomic E-state index is 12.5. The summed E-state index contributed by atoms with van der Waals surface area (Å²) < 4.78 is 37.6. The van der Waals surface area contributed by atoms with E-state index in [1.165, 1.54) is 12.1 Å². The molecule has 1 aromatic carbocycles. The van der Waals surface area contributed by atoms with Gasteiger partial charge in [0.25, 0.3) is 0 Å². The van der Waals surface area contributed by atoms with Crippen LogP contribution >= 0.6 is 0 Å². The molecule has 2 aromatic rings. The van der Waals surface area contributed by atoms with Crippen molar-refractivity contribution in [1.82, 2.24) is 4.98 Å². The van der Waals surface area contributed by atoms with Gasteiger partial charge in [0.1, 0.15) is 0 Å². The standard InChI is InChI=1S/C13H14F3N/c1-12(2,3)11-7-8-6-9(13(14,15)16)4-5-10(8)17-11/h4-7,17H,1-3H3. The van der Waals surface area contributed by atoms with Gasteiger partial charge in [0, 0.05) is 22.0 Å². The van der Waals surface area contributed by atoms with Gasteiger partial charge in [-0.05, 0) is 24.3 Å². The highest BCUT2D eigenvalue weighted by Gasteiger charge is 2.30. The van der Waals surface area contributed by atoms with Crippen LogP contribution in [0, 0.1) is 0 Å². The zero-order valence-corrected chi connectivity index (χ0v) is 9.94. The lowest BCUT2D eigenvalue weighted by Gasteiger charge is -2.15. The zero-order chi connectivity index (χ0) is 12.8. The molecule has 0 bridgehead atoms. The smallest absolute Gasteiger partial charge is 0.358 e. The molecule has 17 heavy (non-hydrogen) atoms. The van der Waals surface area contributed by atoms with Crippen molar-refractivity contribution in [2.24, 2.45) is 0 Å². The van der Waals surface area contributed by atoms with Crippen LogP contribution in [0.1, 0.15) is 32.0 Å². The Morgan fingerprint density at radius 3 is 2.18 bits per heavy atom. The number of nitrogens with one attached hydrogen (secondary N) is 1. The van der Waals surface area contributed by atoms with Crippen LogP contribution in [0.5, 0.6) is 0 Å². The number of aromatic nitrogens is 1. The highest BCUT2D eigenvalue weighted by atomic mass is 19.4. The quantitative estimate of drug-likeness (QED) is 0.699. The Bertz CT molecular complexity index is 532. The molecule has 0 saturated heterocycles. The van der Waals surface area contributed by atoms with Gasteiger partial charge in [-0.1, -0.05) is 20.8 Å². The first-order valence-electron chi connectivity index (χ1n) is 5.38. The molecule has 1 N–H and O–H groups in total. The second-order valence-corrected chi connectivity index (χ2v) is 5.23. The summed E-state index contributed by atoms with van der Waals surface area (Å²) in [6, 6.07) is 5.55. The van der Waals surface area contributed by atoms with Crippen molar-refractivity contribution in [2.45, 2.75) is 32.4 Å². The van der Waals surface area contributed by atoms with Crippen molar-refractivity contribution in [3.05, 3.63) is 35.5 Å². The molecule has 0 aliphatic carbocycles. The van der Waals surface area contributed by atoms with Gasteiger partial charge in [0.05, 0.1) is 5.56 Å². The van der Waals surface area contributed by atoms with Gasteiger partial charge in [-0.2, -0.15) is 13.2 Å². The van der Waals surface area contributed by atoms with E-state index in [-0.39, 0.29) is 5.41 Å². The number of H-pyrrole nitrogens is 1. The molecule has 0 unspecified atom stereocenters. The summed E-state index contributed by atoms with van der Waals surface area (Å²) in [4.78, 5) is 3.15. The zero-order valence-electron chi connectivity index (χ0n) is 9.94. The number of halogens is 3. The number of aromatic amines is 1. The Balaban J connectivity index is 2.56. The number of benzene rings is 1. The van der Waals surface area contributed by atoms with Crippen LogP contribution in [0.3, 0.4) is 0 Å². The Kier molecular flexibility index (Phi) is 2.49. The first kappa shape index (κ1) is 12.0. The van der Waals surface area contributed by atoms with Crippen LogP contribution in [-0.2, 0) is 11.6 Å². The van der Waals surface area contributed by atoms with Gasteiger partial charge < -0.3 is 4.98 Å². The van der Waals surface area contributed by atoms with E-state index >= 15 is 0 Å². The summed E-state index contributed by atoms with van der Waals surface area (Å²) in [5.74, 6) is 0. The average molecular weight is 241 g/mol. The second-order valence-electron chi connectivity index (χ2n) is 5.23. The lowest BCUT2D eigenvalue weighted by atomic mass is 9.92. The molecule has 1 heterocycles. The van der Waals surface area contributed by atoms with Gasteiger partial charge in [-0.15, -0.1) is 0 Å². The van der Waals surface area contributed by atoms with Crippen LogP contribution in [0.4, 0.5) is 13.2 Å². The molecule has 1 aromatic heterocycles. The molecule has 1 nitrogen and oxygen atoms in total. The summed E-state index contributed by atoms with van der Waals surface area (Å²) in [7, 11) is 0. The predicted octanol–water partition coefficient (Wildman–Crippen LogP) is 4.48. The van der Waals surface area contributed by atoms with Crippen LogP contribution in [0.15, 0.2) is 24.3 Å². The Labute approximate surface area is 97.6 Å². The maximum atomic E-state index is 12.5. The molecule has 0 aliphatic rings. The van der Waals surface area contributed by atoms with E-state index < -0.39 is 11.7 Å². The number of hydrogen-bond acceptors (Lipinski definition) is 0. The molecular formula is C13H14F3N.